The van der Waals surface area contributed by atoms with Crippen molar-refractivity contribution in [1.29, 1.82) is 0 Å². The van der Waals surface area contributed by atoms with E-state index in [2.05, 4.69) is 22.3 Å². The van der Waals surface area contributed by atoms with Gasteiger partial charge in [0.15, 0.2) is 17.4 Å². The predicted octanol–water partition coefficient (Wildman–Crippen LogP) is 3.81. The van der Waals surface area contributed by atoms with E-state index in [0.29, 0.717) is 17.5 Å². The first-order valence-electron chi connectivity index (χ1n) is 12.3. The third-order valence-corrected chi connectivity index (χ3v) is 9.93. The number of tetrazole rings is 1. The van der Waals surface area contributed by atoms with Crippen molar-refractivity contribution in [2.24, 2.45) is 40.9 Å². The molecule has 1 heterocycles. The first-order valence-corrected chi connectivity index (χ1v) is 12.3. The number of nitrogens with zero attached hydrogens (tertiary/aromatic N) is 4. The van der Waals surface area contributed by atoms with Gasteiger partial charge < -0.3 is 9.47 Å². The number of Topliss-reactive ketones (excluding diaryl/α,β-unsaturated/α-hetero) is 1. The highest BCUT2D eigenvalue weighted by molar-refractivity contribution is 5.81. The van der Waals surface area contributed by atoms with E-state index in [-0.39, 0.29) is 23.7 Å². The van der Waals surface area contributed by atoms with Crippen LogP contribution in [0.1, 0.15) is 70.5 Å². The zero-order valence-corrected chi connectivity index (χ0v) is 19.5. The summed E-state index contributed by atoms with van der Waals surface area (Å²) in [4.78, 5) is 14.7. The zero-order chi connectivity index (χ0) is 21.8. The summed E-state index contributed by atoms with van der Waals surface area (Å²) in [5, 5.41) is 12.2. The molecule has 0 unspecified atom stereocenters. The van der Waals surface area contributed by atoms with E-state index >= 15 is 0 Å². The van der Waals surface area contributed by atoms with Gasteiger partial charge in [-0.3, -0.25) is 4.79 Å². The van der Waals surface area contributed by atoms with Gasteiger partial charge in [-0.15, -0.1) is 10.2 Å². The number of aromatic nitrogens is 4. The molecule has 4 fully saturated rings. The minimum Gasteiger partial charge on any atom is -0.353 e. The van der Waals surface area contributed by atoms with Gasteiger partial charge in [0, 0.05) is 33.0 Å². The number of ketones is 1. The van der Waals surface area contributed by atoms with Crippen LogP contribution in [0.5, 0.6) is 0 Å². The Balaban J connectivity index is 1.30. The van der Waals surface area contributed by atoms with Crippen molar-refractivity contribution in [1.82, 2.24) is 20.2 Å². The largest absolute Gasteiger partial charge is 0.353 e. The van der Waals surface area contributed by atoms with Gasteiger partial charge in [0.25, 0.3) is 0 Å². The number of hydrogen-bond donors (Lipinski definition) is 0. The van der Waals surface area contributed by atoms with E-state index in [1.165, 1.54) is 43.3 Å². The Kier molecular flexibility index (Phi) is 5.48. The molecule has 0 amide bonds. The zero-order valence-electron chi connectivity index (χ0n) is 19.5. The van der Waals surface area contributed by atoms with E-state index in [1.807, 2.05) is 6.92 Å². The van der Waals surface area contributed by atoms with Gasteiger partial charge in [0.1, 0.15) is 6.54 Å². The molecule has 0 saturated heterocycles. The Morgan fingerprint density at radius 3 is 2.52 bits per heavy atom. The van der Waals surface area contributed by atoms with Crippen LogP contribution >= 0.6 is 0 Å². The second kappa shape index (κ2) is 7.91. The molecule has 31 heavy (non-hydrogen) atoms. The lowest BCUT2D eigenvalue weighted by Crippen LogP contribution is -2.52. The lowest BCUT2D eigenvalue weighted by Gasteiger charge is -2.57. The number of aryl methyl sites for hydroxylation is 1. The second-order valence-electron chi connectivity index (χ2n) is 11.0. The van der Waals surface area contributed by atoms with Gasteiger partial charge in [-0.1, -0.05) is 6.92 Å². The fraction of sp³-hybridized carbons (Fsp3) is 0.917. The summed E-state index contributed by atoms with van der Waals surface area (Å²) >= 11 is 0. The van der Waals surface area contributed by atoms with E-state index < -0.39 is 0 Å². The molecule has 5 rings (SSSR count). The van der Waals surface area contributed by atoms with E-state index in [4.69, 9.17) is 9.47 Å². The van der Waals surface area contributed by atoms with Crippen molar-refractivity contribution in [2.45, 2.75) is 84.0 Å². The fourth-order valence-electron chi connectivity index (χ4n) is 8.45. The summed E-state index contributed by atoms with van der Waals surface area (Å²) in [5.74, 6) is 4.51. The van der Waals surface area contributed by atoms with Crippen molar-refractivity contribution in [3.8, 4) is 0 Å². The maximum atomic E-state index is 13.3. The third-order valence-electron chi connectivity index (χ3n) is 9.93. The highest BCUT2D eigenvalue weighted by Gasteiger charge is 2.59. The molecule has 0 aromatic carbocycles. The third kappa shape index (κ3) is 3.47. The Bertz CT molecular complexity index is 822. The van der Waals surface area contributed by atoms with Crippen LogP contribution in [0.25, 0.3) is 0 Å². The Morgan fingerprint density at radius 1 is 1.03 bits per heavy atom. The molecule has 4 saturated carbocycles. The molecule has 172 valence electrons. The van der Waals surface area contributed by atoms with E-state index in [9.17, 15) is 4.79 Å². The minimum absolute atomic E-state index is 0.137. The van der Waals surface area contributed by atoms with Gasteiger partial charge in [0.2, 0.25) is 0 Å². The summed E-state index contributed by atoms with van der Waals surface area (Å²) < 4.78 is 11.6. The molecule has 4 aliphatic carbocycles. The predicted molar refractivity (Wildman–Crippen MR) is 115 cm³/mol. The van der Waals surface area contributed by atoms with E-state index in [1.54, 1.807) is 14.2 Å². The van der Waals surface area contributed by atoms with Crippen LogP contribution in [0.15, 0.2) is 0 Å². The van der Waals surface area contributed by atoms with Gasteiger partial charge >= 0.3 is 0 Å². The van der Waals surface area contributed by atoms with Crippen LogP contribution in [-0.2, 0) is 20.8 Å². The maximum Gasteiger partial charge on any atom is 0.171 e. The summed E-state index contributed by atoms with van der Waals surface area (Å²) in [6.45, 7) is 4.49. The summed E-state index contributed by atoms with van der Waals surface area (Å²) in [6.07, 6.45) is 10.6. The fourth-order valence-corrected chi connectivity index (χ4v) is 8.45. The van der Waals surface area contributed by atoms with Crippen molar-refractivity contribution < 1.29 is 14.3 Å². The van der Waals surface area contributed by atoms with Crippen LogP contribution in [0.3, 0.4) is 0 Å². The number of carbonyl (C=O) groups excluding carboxylic acids is 1. The summed E-state index contributed by atoms with van der Waals surface area (Å²) in [6, 6.07) is 0. The lowest BCUT2D eigenvalue weighted by molar-refractivity contribution is -0.247. The summed E-state index contributed by atoms with van der Waals surface area (Å²) in [5.41, 5.74) is 0.137. The maximum absolute atomic E-state index is 13.3. The molecule has 7 atom stereocenters. The van der Waals surface area contributed by atoms with Crippen LogP contribution in [0, 0.1) is 47.8 Å². The van der Waals surface area contributed by atoms with Crippen LogP contribution in [0.4, 0.5) is 0 Å². The van der Waals surface area contributed by atoms with Crippen molar-refractivity contribution in [2.75, 3.05) is 14.2 Å². The normalized spacial score (nSPS) is 41.3. The number of rotatable bonds is 5. The Hall–Kier alpha value is -1.34. The SMILES string of the molecule is COC1(OC)CC[C@H]2[C@@H](CC[C@@H]3[C@@H]2CC[C@]2(C)[C@@H](C(=O)Cn4nnc(C)n4)CC[C@@H]32)C1. The first-order chi connectivity index (χ1) is 14.9. The number of ether oxygens (including phenoxy) is 2. The van der Waals surface area contributed by atoms with Crippen molar-refractivity contribution >= 4 is 5.78 Å². The Morgan fingerprint density at radius 2 is 1.81 bits per heavy atom. The van der Waals surface area contributed by atoms with Crippen LogP contribution in [0.2, 0.25) is 0 Å². The van der Waals surface area contributed by atoms with Gasteiger partial charge in [-0.2, -0.15) is 4.80 Å². The molecule has 7 nitrogen and oxygen atoms in total. The molecule has 1 aromatic rings. The molecule has 0 spiro atoms. The molecule has 4 aliphatic rings. The molecular formula is C24H38N4O3. The van der Waals surface area contributed by atoms with E-state index in [0.717, 1.165) is 42.9 Å². The molecule has 7 heteroatoms. The Labute approximate surface area is 185 Å². The molecular weight excluding hydrogens is 392 g/mol. The molecule has 0 radical (unpaired) electrons. The van der Waals surface area contributed by atoms with Gasteiger partial charge in [-0.25, -0.2) is 0 Å². The van der Waals surface area contributed by atoms with Crippen molar-refractivity contribution in [3.05, 3.63) is 5.82 Å². The lowest BCUT2D eigenvalue weighted by atomic mass is 9.49. The summed E-state index contributed by atoms with van der Waals surface area (Å²) in [7, 11) is 3.60. The highest BCUT2D eigenvalue weighted by atomic mass is 16.7. The molecule has 0 bridgehead atoms. The first kappa shape index (κ1) is 21.5. The quantitative estimate of drug-likeness (QED) is 0.661. The van der Waals surface area contributed by atoms with Crippen molar-refractivity contribution in [3.63, 3.8) is 0 Å². The van der Waals surface area contributed by atoms with Crippen LogP contribution in [-0.4, -0.2) is 46.0 Å². The average Bonchev–Trinajstić information content (AvgIpc) is 3.35. The number of carbonyl (C=O) groups is 1. The molecule has 0 aliphatic heterocycles. The molecule has 1 aromatic heterocycles. The average molecular weight is 431 g/mol. The highest BCUT2D eigenvalue weighted by Crippen LogP contribution is 2.64. The number of hydrogen-bond acceptors (Lipinski definition) is 6. The minimum atomic E-state index is -0.365. The smallest absolute Gasteiger partial charge is 0.171 e. The number of methoxy groups -OCH3 is 2. The topological polar surface area (TPSA) is 79.1 Å². The van der Waals surface area contributed by atoms with Crippen LogP contribution < -0.4 is 0 Å². The standard InChI is InChI=1S/C24H38N4O3/c1-15-25-27-28(26-15)14-22(29)21-8-7-20-19-6-5-16-13-24(30-3,31-4)12-10-17(16)18(19)9-11-23(20,21)2/h16-21H,5-14H2,1-4H3/t16-,17-,18+,19+,20-,21+,23-/m0/s1. The van der Waals surface area contributed by atoms with Gasteiger partial charge in [0.05, 0.1) is 0 Å². The van der Waals surface area contributed by atoms with Gasteiger partial charge in [-0.05, 0) is 92.1 Å². The number of fused-ring (bicyclic) bond motifs is 5. The second-order valence-corrected chi connectivity index (χ2v) is 11.0. The monoisotopic (exact) mass is 430 g/mol. The molecule has 0 N–H and O–H groups in total.